The number of imide groups is 1. The second-order valence-corrected chi connectivity index (χ2v) is 5.17. The minimum Gasteiger partial charge on any atom is -0.353 e. The van der Waals surface area contributed by atoms with Gasteiger partial charge in [-0.25, -0.2) is 0 Å². The van der Waals surface area contributed by atoms with Crippen LogP contribution in [0.5, 0.6) is 0 Å². The Bertz CT molecular complexity index is 377. The number of nitrogens with zero attached hydrogens (tertiary/aromatic N) is 1. The fourth-order valence-electron chi connectivity index (χ4n) is 2.59. The first-order valence-corrected chi connectivity index (χ1v) is 7.00. The van der Waals surface area contributed by atoms with Gasteiger partial charge in [0.15, 0.2) is 0 Å². The van der Waals surface area contributed by atoms with Crippen LogP contribution in [0.15, 0.2) is 12.2 Å². The lowest BCUT2D eigenvalue weighted by atomic mass is 10.1. The Morgan fingerprint density at radius 3 is 2.26 bits per heavy atom. The Morgan fingerprint density at radius 1 is 1.11 bits per heavy atom. The van der Waals surface area contributed by atoms with Crippen LogP contribution in [-0.2, 0) is 14.4 Å². The molecule has 2 aliphatic rings. The summed E-state index contributed by atoms with van der Waals surface area (Å²) in [5.74, 6) is -0.723. The Labute approximate surface area is 113 Å². The molecule has 0 radical (unpaired) electrons. The maximum absolute atomic E-state index is 11.8. The highest BCUT2D eigenvalue weighted by molar-refractivity contribution is 6.13. The number of rotatable bonds is 4. The lowest BCUT2D eigenvalue weighted by Crippen LogP contribution is -2.38. The Morgan fingerprint density at radius 2 is 1.68 bits per heavy atom. The average Bonchev–Trinajstić information content (AvgIpc) is 2.59. The van der Waals surface area contributed by atoms with Crippen LogP contribution >= 0.6 is 0 Å². The third-order valence-corrected chi connectivity index (χ3v) is 3.68. The molecule has 1 N–H and O–H groups in total. The summed E-state index contributed by atoms with van der Waals surface area (Å²) >= 11 is 0. The molecule has 3 amide bonds. The molecule has 1 fully saturated rings. The first-order valence-electron chi connectivity index (χ1n) is 7.00. The summed E-state index contributed by atoms with van der Waals surface area (Å²) < 4.78 is 0. The number of carbonyl (C=O) groups is 3. The lowest BCUT2D eigenvalue weighted by Gasteiger charge is -2.18. The molecule has 19 heavy (non-hydrogen) atoms. The number of hydrogen-bond donors (Lipinski definition) is 1. The van der Waals surface area contributed by atoms with Crippen LogP contribution in [0.25, 0.3) is 0 Å². The van der Waals surface area contributed by atoms with Gasteiger partial charge in [-0.1, -0.05) is 25.7 Å². The molecule has 104 valence electrons. The van der Waals surface area contributed by atoms with Crippen LogP contribution < -0.4 is 5.32 Å². The van der Waals surface area contributed by atoms with E-state index in [0.29, 0.717) is 0 Å². The summed E-state index contributed by atoms with van der Waals surface area (Å²) in [4.78, 5) is 35.6. The molecule has 1 aliphatic carbocycles. The molecule has 0 bridgehead atoms. The third kappa shape index (κ3) is 3.91. The second-order valence-electron chi connectivity index (χ2n) is 5.17. The minimum atomic E-state index is -0.327. The molecule has 2 rings (SSSR count). The molecule has 0 saturated heterocycles. The van der Waals surface area contributed by atoms with E-state index in [9.17, 15) is 14.4 Å². The van der Waals surface area contributed by atoms with Gasteiger partial charge in [0.25, 0.3) is 11.8 Å². The van der Waals surface area contributed by atoms with Crippen LogP contribution in [0.1, 0.15) is 44.9 Å². The van der Waals surface area contributed by atoms with Crippen LogP contribution in [0, 0.1) is 0 Å². The third-order valence-electron chi connectivity index (χ3n) is 3.68. The second kappa shape index (κ2) is 6.50. The Hall–Kier alpha value is -1.65. The van der Waals surface area contributed by atoms with Crippen LogP contribution in [0.2, 0.25) is 0 Å². The monoisotopic (exact) mass is 264 g/mol. The van der Waals surface area contributed by atoms with E-state index >= 15 is 0 Å². The van der Waals surface area contributed by atoms with Crippen molar-refractivity contribution in [1.82, 2.24) is 10.2 Å². The number of hydrogen-bond acceptors (Lipinski definition) is 3. The molecule has 0 atom stereocenters. The van der Waals surface area contributed by atoms with Crippen LogP contribution in [0.4, 0.5) is 0 Å². The van der Waals surface area contributed by atoms with Crippen molar-refractivity contribution in [3.63, 3.8) is 0 Å². The Balaban J connectivity index is 1.72. The van der Waals surface area contributed by atoms with Gasteiger partial charge in [-0.3, -0.25) is 19.3 Å². The zero-order chi connectivity index (χ0) is 13.7. The normalized spacial score (nSPS) is 20.7. The highest BCUT2D eigenvalue weighted by Crippen LogP contribution is 2.17. The van der Waals surface area contributed by atoms with Crippen molar-refractivity contribution in [2.45, 2.75) is 51.0 Å². The topological polar surface area (TPSA) is 66.5 Å². The highest BCUT2D eigenvalue weighted by Gasteiger charge is 2.24. The van der Waals surface area contributed by atoms with E-state index in [4.69, 9.17) is 0 Å². The summed E-state index contributed by atoms with van der Waals surface area (Å²) in [5, 5.41) is 3.00. The molecule has 1 heterocycles. The Kier molecular flexibility index (Phi) is 4.71. The molecule has 0 aromatic heterocycles. The largest absolute Gasteiger partial charge is 0.353 e. The van der Waals surface area contributed by atoms with Gasteiger partial charge >= 0.3 is 0 Å². The molecule has 1 saturated carbocycles. The van der Waals surface area contributed by atoms with Gasteiger partial charge in [0.05, 0.1) is 0 Å². The molecule has 0 aromatic rings. The summed E-state index contributed by atoms with van der Waals surface area (Å²) in [5.41, 5.74) is 0. The van der Waals surface area contributed by atoms with Gasteiger partial charge in [0.1, 0.15) is 0 Å². The van der Waals surface area contributed by atoms with Gasteiger partial charge in [-0.15, -0.1) is 0 Å². The fraction of sp³-hybridized carbons (Fsp3) is 0.643. The molecule has 0 aromatic carbocycles. The average molecular weight is 264 g/mol. The van der Waals surface area contributed by atoms with E-state index in [1.165, 1.54) is 25.0 Å². The zero-order valence-electron chi connectivity index (χ0n) is 11.1. The van der Waals surface area contributed by atoms with Crippen molar-refractivity contribution in [2.75, 3.05) is 6.54 Å². The van der Waals surface area contributed by atoms with Gasteiger partial charge < -0.3 is 5.32 Å². The van der Waals surface area contributed by atoms with E-state index in [0.717, 1.165) is 30.6 Å². The van der Waals surface area contributed by atoms with Crippen molar-refractivity contribution in [2.24, 2.45) is 0 Å². The number of carbonyl (C=O) groups excluding carboxylic acids is 3. The maximum atomic E-state index is 11.8. The summed E-state index contributed by atoms with van der Waals surface area (Å²) in [7, 11) is 0. The summed E-state index contributed by atoms with van der Waals surface area (Å²) in [6.07, 6.45) is 9.57. The quantitative estimate of drug-likeness (QED) is 0.611. The predicted molar refractivity (Wildman–Crippen MR) is 70.1 cm³/mol. The maximum Gasteiger partial charge on any atom is 0.253 e. The molecular weight excluding hydrogens is 244 g/mol. The van der Waals surface area contributed by atoms with E-state index < -0.39 is 0 Å². The minimum absolute atomic E-state index is 0.0700. The molecular formula is C14H20N2O3. The van der Waals surface area contributed by atoms with E-state index in [1.54, 1.807) is 0 Å². The molecule has 0 spiro atoms. The van der Waals surface area contributed by atoms with Gasteiger partial charge in [-0.05, 0) is 12.8 Å². The summed E-state index contributed by atoms with van der Waals surface area (Å²) in [6.45, 7) is 0.170. The lowest BCUT2D eigenvalue weighted by molar-refractivity contribution is -0.137. The predicted octanol–water partition coefficient (Wildman–Crippen LogP) is 1.14. The van der Waals surface area contributed by atoms with E-state index in [2.05, 4.69) is 5.32 Å². The van der Waals surface area contributed by atoms with Gasteiger partial charge in [0.2, 0.25) is 5.91 Å². The van der Waals surface area contributed by atoms with Crippen molar-refractivity contribution < 1.29 is 14.4 Å². The first kappa shape index (κ1) is 13.8. The first-order chi connectivity index (χ1) is 9.16. The van der Waals surface area contributed by atoms with Crippen molar-refractivity contribution in [3.8, 4) is 0 Å². The van der Waals surface area contributed by atoms with Crippen molar-refractivity contribution >= 4 is 17.7 Å². The molecule has 0 unspecified atom stereocenters. The van der Waals surface area contributed by atoms with Crippen molar-refractivity contribution in [1.29, 1.82) is 0 Å². The zero-order valence-corrected chi connectivity index (χ0v) is 11.1. The van der Waals surface area contributed by atoms with E-state index in [1.807, 2.05) is 0 Å². The number of nitrogens with one attached hydrogen (secondary N) is 1. The fourth-order valence-corrected chi connectivity index (χ4v) is 2.59. The molecule has 5 heteroatoms. The molecule has 5 nitrogen and oxygen atoms in total. The smallest absolute Gasteiger partial charge is 0.253 e. The van der Waals surface area contributed by atoms with Gasteiger partial charge in [-0.2, -0.15) is 0 Å². The highest BCUT2D eigenvalue weighted by atomic mass is 16.2. The van der Waals surface area contributed by atoms with E-state index in [-0.39, 0.29) is 36.7 Å². The van der Waals surface area contributed by atoms with Crippen LogP contribution in [-0.4, -0.2) is 35.2 Å². The SMILES string of the molecule is O=C(CCN1C(=O)C=CC1=O)NC1CCCCCC1. The van der Waals surface area contributed by atoms with Crippen LogP contribution in [0.3, 0.4) is 0 Å². The van der Waals surface area contributed by atoms with Crippen molar-refractivity contribution in [3.05, 3.63) is 12.2 Å². The molecule has 1 aliphatic heterocycles. The van der Waals surface area contributed by atoms with Gasteiger partial charge in [0, 0.05) is 31.2 Å². The summed E-state index contributed by atoms with van der Waals surface area (Å²) in [6, 6.07) is 0.262. The standard InChI is InChI=1S/C14H20N2O3/c17-12(15-11-5-3-1-2-4-6-11)9-10-16-13(18)7-8-14(16)19/h7-8,11H,1-6,9-10H2,(H,15,17). The number of amides is 3.